The first-order valence-electron chi connectivity index (χ1n) is 9.01. The smallest absolute Gasteiger partial charge is 0.269 e. The van der Waals surface area contributed by atoms with Gasteiger partial charge >= 0.3 is 0 Å². The SMILES string of the molecule is O=C(NCCC(=O)N1CCN(c2ccccn2)CC1)c1ccc([N+](=O)[O-])cc1. The number of carbonyl (C=O) groups excluding carboxylic acids is 2. The molecule has 0 unspecified atom stereocenters. The van der Waals surface area contributed by atoms with Gasteiger partial charge in [0.25, 0.3) is 11.6 Å². The number of nitro groups is 1. The molecule has 0 radical (unpaired) electrons. The molecule has 1 aromatic carbocycles. The highest BCUT2D eigenvalue weighted by Crippen LogP contribution is 2.13. The molecule has 9 nitrogen and oxygen atoms in total. The van der Waals surface area contributed by atoms with E-state index < -0.39 is 4.92 Å². The van der Waals surface area contributed by atoms with Crippen LogP contribution in [-0.4, -0.2) is 59.3 Å². The molecular weight excluding hydrogens is 362 g/mol. The van der Waals surface area contributed by atoms with Gasteiger partial charge in [-0.3, -0.25) is 19.7 Å². The molecule has 28 heavy (non-hydrogen) atoms. The zero-order valence-electron chi connectivity index (χ0n) is 15.3. The van der Waals surface area contributed by atoms with E-state index in [4.69, 9.17) is 0 Å². The van der Waals surface area contributed by atoms with Crippen LogP contribution in [0.5, 0.6) is 0 Å². The first kappa shape index (κ1) is 19.3. The van der Waals surface area contributed by atoms with Crippen LogP contribution in [0.2, 0.25) is 0 Å². The fourth-order valence-corrected chi connectivity index (χ4v) is 3.00. The standard InChI is InChI=1S/C19H21N5O4/c25-18(23-13-11-22(12-14-23)17-3-1-2-9-20-17)8-10-21-19(26)15-4-6-16(7-5-15)24(27)28/h1-7,9H,8,10-14H2,(H,21,26). The summed E-state index contributed by atoms with van der Waals surface area (Å²) in [5.41, 5.74) is 0.249. The normalized spacial score (nSPS) is 13.9. The van der Waals surface area contributed by atoms with Crippen LogP contribution < -0.4 is 10.2 Å². The molecule has 2 aromatic rings. The lowest BCUT2D eigenvalue weighted by molar-refractivity contribution is -0.384. The van der Waals surface area contributed by atoms with Crippen molar-refractivity contribution < 1.29 is 14.5 Å². The Morgan fingerprint density at radius 3 is 2.39 bits per heavy atom. The van der Waals surface area contributed by atoms with E-state index >= 15 is 0 Å². The molecule has 1 aromatic heterocycles. The van der Waals surface area contributed by atoms with Crippen LogP contribution in [0.3, 0.4) is 0 Å². The fourth-order valence-electron chi connectivity index (χ4n) is 3.00. The number of rotatable bonds is 6. The van der Waals surface area contributed by atoms with Gasteiger partial charge < -0.3 is 15.1 Å². The Balaban J connectivity index is 1.41. The lowest BCUT2D eigenvalue weighted by atomic mass is 10.2. The number of hydrogen-bond donors (Lipinski definition) is 1. The van der Waals surface area contributed by atoms with E-state index in [0.717, 1.165) is 18.9 Å². The highest BCUT2D eigenvalue weighted by atomic mass is 16.6. The highest BCUT2D eigenvalue weighted by Gasteiger charge is 2.21. The Kier molecular flexibility index (Phi) is 6.15. The second-order valence-electron chi connectivity index (χ2n) is 6.37. The van der Waals surface area contributed by atoms with Crippen molar-refractivity contribution in [2.24, 2.45) is 0 Å². The number of benzene rings is 1. The van der Waals surface area contributed by atoms with Crippen LogP contribution >= 0.6 is 0 Å². The monoisotopic (exact) mass is 383 g/mol. The van der Waals surface area contributed by atoms with E-state index in [1.54, 1.807) is 11.1 Å². The first-order chi connectivity index (χ1) is 13.5. The van der Waals surface area contributed by atoms with E-state index in [1.807, 2.05) is 18.2 Å². The van der Waals surface area contributed by atoms with Gasteiger partial charge in [0.15, 0.2) is 0 Å². The summed E-state index contributed by atoms with van der Waals surface area (Å²) in [6, 6.07) is 11.1. The summed E-state index contributed by atoms with van der Waals surface area (Å²) in [4.78, 5) is 42.8. The van der Waals surface area contributed by atoms with Crippen molar-refractivity contribution >= 4 is 23.3 Å². The van der Waals surface area contributed by atoms with E-state index in [0.29, 0.717) is 18.7 Å². The average molecular weight is 383 g/mol. The molecule has 9 heteroatoms. The molecule has 1 saturated heterocycles. The Hall–Kier alpha value is -3.49. The van der Waals surface area contributed by atoms with Crippen molar-refractivity contribution in [2.45, 2.75) is 6.42 Å². The van der Waals surface area contributed by atoms with Gasteiger partial charge in [-0.2, -0.15) is 0 Å². The minimum absolute atomic E-state index is 0.00956. The summed E-state index contributed by atoms with van der Waals surface area (Å²) >= 11 is 0. The number of carbonyl (C=O) groups is 2. The number of aromatic nitrogens is 1. The molecular formula is C19H21N5O4. The summed E-state index contributed by atoms with van der Waals surface area (Å²) < 4.78 is 0. The molecule has 0 aliphatic carbocycles. The van der Waals surface area contributed by atoms with Gasteiger partial charge in [-0.25, -0.2) is 4.98 Å². The van der Waals surface area contributed by atoms with Crippen molar-refractivity contribution in [3.05, 3.63) is 64.3 Å². The van der Waals surface area contributed by atoms with E-state index in [2.05, 4.69) is 15.2 Å². The Morgan fingerprint density at radius 2 is 1.79 bits per heavy atom. The number of anilines is 1. The molecule has 1 N–H and O–H groups in total. The topological polar surface area (TPSA) is 109 Å². The number of hydrogen-bond acceptors (Lipinski definition) is 6. The van der Waals surface area contributed by atoms with Crippen molar-refractivity contribution in [2.75, 3.05) is 37.6 Å². The molecule has 0 bridgehead atoms. The summed E-state index contributed by atoms with van der Waals surface area (Å²) in [5.74, 6) is 0.539. The van der Waals surface area contributed by atoms with Crippen molar-refractivity contribution in [3.8, 4) is 0 Å². The van der Waals surface area contributed by atoms with Crippen LogP contribution in [0.4, 0.5) is 11.5 Å². The molecule has 146 valence electrons. The minimum atomic E-state index is -0.520. The molecule has 0 saturated carbocycles. The van der Waals surface area contributed by atoms with E-state index in [1.165, 1.54) is 24.3 Å². The maximum Gasteiger partial charge on any atom is 0.269 e. The van der Waals surface area contributed by atoms with Crippen LogP contribution in [0.25, 0.3) is 0 Å². The minimum Gasteiger partial charge on any atom is -0.353 e. The number of piperazine rings is 1. The van der Waals surface area contributed by atoms with Gasteiger partial charge in [0.2, 0.25) is 5.91 Å². The molecule has 2 heterocycles. The fraction of sp³-hybridized carbons (Fsp3) is 0.316. The third kappa shape index (κ3) is 4.81. The first-order valence-corrected chi connectivity index (χ1v) is 9.01. The molecule has 2 amide bonds. The van der Waals surface area contributed by atoms with Crippen molar-refractivity contribution in [1.82, 2.24) is 15.2 Å². The molecule has 1 aliphatic rings. The largest absolute Gasteiger partial charge is 0.353 e. The number of nitrogens with one attached hydrogen (secondary N) is 1. The summed E-state index contributed by atoms with van der Waals surface area (Å²) in [5, 5.41) is 13.3. The maximum absolute atomic E-state index is 12.3. The van der Waals surface area contributed by atoms with Gasteiger partial charge in [-0.15, -0.1) is 0 Å². The third-order valence-electron chi connectivity index (χ3n) is 4.57. The Labute approximate surface area is 162 Å². The van der Waals surface area contributed by atoms with Crippen LogP contribution in [-0.2, 0) is 4.79 Å². The summed E-state index contributed by atoms with van der Waals surface area (Å²) in [6.07, 6.45) is 1.96. The van der Waals surface area contributed by atoms with Crippen LogP contribution in [0, 0.1) is 10.1 Å². The van der Waals surface area contributed by atoms with Crippen LogP contribution in [0.15, 0.2) is 48.7 Å². The summed E-state index contributed by atoms with van der Waals surface area (Å²) in [7, 11) is 0. The number of pyridine rings is 1. The Bertz CT molecular complexity index is 833. The van der Waals surface area contributed by atoms with Gasteiger partial charge in [-0.05, 0) is 24.3 Å². The Morgan fingerprint density at radius 1 is 1.07 bits per heavy atom. The third-order valence-corrected chi connectivity index (χ3v) is 4.57. The predicted octanol–water partition coefficient (Wildman–Crippen LogP) is 1.46. The van der Waals surface area contributed by atoms with Crippen molar-refractivity contribution in [3.63, 3.8) is 0 Å². The molecule has 0 atom stereocenters. The zero-order chi connectivity index (χ0) is 19.9. The lowest BCUT2D eigenvalue weighted by Crippen LogP contribution is -2.49. The number of non-ortho nitro benzene ring substituents is 1. The molecule has 1 aliphatic heterocycles. The van der Waals surface area contributed by atoms with E-state index in [-0.39, 0.29) is 30.5 Å². The second kappa shape index (κ2) is 8.94. The number of nitrogens with zero attached hydrogens (tertiary/aromatic N) is 4. The number of amides is 2. The maximum atomic E-state index is 12.3. The quantitative estimate of drug-likeness (QED) is 0.597. The molecule has 3 rings (SSSR count). The van der Waals surface area contributed by atoms with Gasteiger partial charge in [0.05, 0.1) is 4.92 Å². The van der Waals surface area contributed by atoms with Crippen LogP contribution in [0.1, 0.15) is 16.8 Å². The highest BCUT2D eigenvalue weighted by molar-refractivity contribution is 5.94. The molecule has 0 spiro atoms. The number of nitro benzene ring substituents is 1. The summed E-state index contributed by atoms with van der Waals surface area (Å²) in [6.45, 7) is 2.89. The van der Waals surface area contributed by atoms with Gasteiger partial charge in [0.1, 0.15) is 5.82 Å². The van der Waals surface area contributed by atoms with Crippen molar-refractivity contribution in [1.29, 1.82) is 0 Å². The second-order valence-corrected chi connectivity index (χ2v) is 6.37. The zero-order valence-corrected chi connectivity index (χ0v) is 15.3. The average Bonchev–Trinajstić information content (AvgIpc) is 2.74. The predicted molar refractivity (Wildman–Crippen MR) is 103 cm³/mol. The van der Waals surface area contributed by atoms with E-state index in [9.17, 15) is 19.7 Å². The molecule has 1 fully saturated rings. The lowest BCUT2D eigenvalue weighted by Gasteiger charge is -2.35. The van der Waals surface area contributed by atoms with Gasteiger partial charge in [-0.1, -0.05) is 6.07 Å². The van der Waals surface area contributed by atoms with Gasteiger partial charge in [0, 0.05) is 63.0 Å².